The number of nitro groups is 1. The molecule has 11 heteroatoms. The predicted octanol–water partition coefficient (Wildman–Crippen LogP) is 4.67. The van der Waals surface area contributed by atoms with E-state index in [1.807, 2.05) is 31.2 Å². The van der Waals surface area contributed by atoms with E-state index in [9.17, 15) is 27.7 Å². The summed E-state index contributed by atoms with van der Waals surface area (Å²) in [5.41, 5.74) is 1.63. The maximum absolute atomic E-state index is 13.0. The number of rotatable bonds is 8. The van der Waals surface area contributed by atoms with Crippen molar-refractivity contribution in [2.75, 3.05) is 11.9 Å². The molecule has 2 aromatic rings. The molecule has 0 aliphatic rings. The number of nitrogens with one attached hydrogen (secondary N) is 2. The minimum Gasteiger partial charge on any atom is -0.487 e. The highest BCUT2D eigenvalue weighted by Crippen LogP contribution is 2.29. The van der Waals surface area contributed by atoms with Gasteiger partial charge >= 0.3 is 12.3 Å². The fourth-order valence-corrected chi connectivity index (χ4v) is 2.34. The molecule has 2 N–H and O–H groups in total. The fourth-order valence-electron chi connectivity index (χ4n) is 2.15. The molecule has 0 radical (unpaired) electrons. The van der Waals surface area contributed by atoms with Gasteiger partial charge in [0.05, 0.1) is 16.7 Å². The molecule has 0 saturated heterocycles. The number of anilines is 1. The van der Waals surface area contributed by atoms with Crippen molar-refractivity contribution >= 4 is 28.7 Å². The number of hydrogen-bond donors (Lipinski definition) is 2. The fraction of sp³-hybridized carbons (Fsp3) is 0.278. The summed E-state index contributed by atoms with van der Waals surface area (Å²) in [5, 5.41) is 16.7. The van der Waals surface area contributed by atoms with E-state index in [2.05, 4.69) is 15.4 Å². The predicted molar refractivity (Wildman–Crippen MR) is 104 cm³/mol. The largest absolute Gasteiger partial charge is 0.487 e. The van der Waals surface area contributed by atoms with Crippen LogP contribution in [0.1, 0.15) is 11.1 Å². The van der Waals surface area contributed by atoms with Crippen LogP contribution < -0.4 is 15.4 Å². The Balaban J connectivity index is 2.06. The molecule has 0 atom stereocenters. The van der Waals surface area contributed by atoms with Gasteiger partial charge in [0.2, 0.25) is 0 Å². The van der Waals surface area contributed by atoms with Crippen molar-refractivity contribution in [3.63, 3.8) is 0 Å². The van der Waals surface area contributed by atoms with E-state index in [0.717, 1.165) is 29.3 Å². The number of benzene rings is 2. The van der Waals surface area contributed by atoms with Crippen LogP contribution in [0.4, 0.5) is 28.9 Å². The second-order valence-electron chi connectivity index (χ2n) is 6.12. The molecule has 0 aromatic heterocycles. The van der Waals surface area contributed by atoms with Crippen LogP contribution in [0.25, 0.3) is 0 Å². The zero-order valence-electron chi connectivity index (χ0n) is 15.1. The van der Waals surface area contributed by atoms with E-state index >= 15 is 0 Å². The Labute approximate surface area is 169 Å². The van der Waals surface area contributed by atoms with Gasteiger partial charge in [0.1, 0.15) is 5.75 Å². The molecule has 0 aliphatic heterocycles. The van der Waals surface area contributed by atoms with Crippen molar-refractivity contribution in [1.82, 2.24) is 5.32 Å². The first-order valence-corrected chi connectivity index (χ1v) is 8.66. The number of nitrogens with zero attached hydrogens (tertiary/aromatic N) is 1. The molecule has 0 unspecified atom stereocenters. The summed E-state index contributed by atoms with van der Waals surface area (Å²) in [6.45, 7) is 0.703. The normalized spacial score (nSPS) is 11.2. The van der Waals surface area contributed by atoms with Gasteiger partial charge in [0, 0.05) is 18.7 Å². The number of thiocarbonyl (C=S) groups is 1. The summed E-state index contributed by atoms with van der Waals surface area (Å²) in [7, 11) is 0. The molecule has 0 saturated carbocycles. The second kappa shape index (κ2) is 9.50. The van der Waals surface area contributed by atoms with Crippen molar-refractivity contribution < 1.29 is 27.2 Å². The zero-order chi connectivity index (χ0) is 21.6. The van der Waals surface area contributed by atoms with E-state index in [1.165, 1.54) is 0 Å². The van der Waals surface area contributed by atoms with Gasteiger partial charge in [-0.2, -0.15) is 8.78 Å². The van der Waals surface area contributed by atoms with Crippen molar-refractivity contribution in [3.05, 3.63) is 63.7 Å². The lowest BCUT2D eigenvalue weighted by Crippen LogP contribution is -2.33. The number of hydrogen-bond acceptors (Lipinski definition) is 4. The molecule has 2 rings (SSSR count). The van der Waals surface area contributed by atoms with Crippen molar-refractivity contribution in [2.24, 2.45) is 0 Å². The van der Waals surface area contributed by atoms with Crippen LogP contribution in [-0.4, -0.2) is 29.0 Å². The average molecular weight is 431 g/mol. The highest BCUT2D eigenvalue weighted by Gasteiger charge is 2.41. The van der Waals surface area contributed by atoms with Crippen LogP contribution in [0.2, 0.25) is 0 Å². The summed E-state index contributed by atoms with van der Waals surface area (Å²) in [5.74, 6) is -4.76. The molecule has 0 fully saturated rings. The molecule has 0 spiro atoms. The first kappa shape index (κ1) is 22.3. The molecule has 0 bridgehead atoms. The molecule has 2 aromatic carbocycles. The molecule has 29 heavy (non-hydrogen) atoms. The third kappa shape index (κ3) is 6.86. The minimum absolute atomic E-state index is 0.0796. The zero-order valence-corrected chi connectivity index (χ0v) is 15.9. The molecule has 0 heterocycles. The number of ether oxygens (including phenoxy) is 1. The lowest BCUT2D eigenvalue weighted by molar-refractivity contribution is -0.384. The number of alkyl halides is 4. The van der Waals surface area contributed by atoms with Crippen LogP contribution >= 0.6 is 12.2 Å². The van der Waals surface area contributed by atoms with Gasteiger partial charge in [-0.25, -0.2) is 8.78 Å². The Morgan fingerprint density at radius 1 is 1.24 bits per heavy atom. The third-order valence-electron chi connectivity index (χ3n) is 3.68. The van der Waals surface area contributed by atoms with Crippen molar-refractivity contribution in [2.45, 2.75) is 25.8 Å². The number of halogens is 4. The molecule has 0 aliphatic carbocycles. The van der Waals surface area contributed by atoms with Gasteiger partial charge in [0.15, 0.2) is 11.7 Å². The summed E-state index contributed by atoms with van der Waals surface area (Å²) in [4.78, 5) is 10.3. The van der Waals surface area contributed by atoms with Gasteiger partial charge in [0.25, 0.3) is 5.69 Å². The Kier molecular flexibility index (Phi) is 7.32. The Morgan fingerprint density at radius 3 is 2.48 bits per heavy atom. The highest BCUT2D eigenvalue weighted by atomic mass is 32.1. The summed E-state index contributed by atoms with van der Waals surface area (Å²) in [6.07, 6.45) is -3.92. The maximum Gasteiger partial charge on any atom is 0.340 e. The van der Waals surface area contributed by atoms with E-state index < -0.39 is 29.6 Å². The molecule has 0 amide bonds. The average Bonchev–Trinajstić information content (AvgIpc) is 2.65. The smallest absolute Gasteiger partial charge is 0.340 e. The number of non-ortho nitro benzene ring substituents is 1. The SMILES string of the molecule is Cc1ccc(CNC(=S)Nc2cc(OCC(F)(F)C(F)F)cc([N+](=O)[O-])c2)cc1. The van der Waals surface area contributed by atoms with Gasteiger partial charge < -0.3 is 15.4 Å². The van der Waals surface area contributed by atoms with Crippen LogP contribution in [0.5, 0.6) is 5.75 Å². The Morgan fingerprint density at radius 2 is 1.90 bits per heavy atom. The lowest BCUT2D eigenvalue weighted by atomic mass is 10.1. The standard InChI is InChI=1S/C18H17F4N3O3S/c1-11-2-4-12(5-3-11)9-23-17(29)24-13-6-14(25(26)27)8-15(7-13)28-10-18(21,22)16(19)20/h2-8,16H,9-10H2,1H3,(H2,23,24,29). The van der Waals surface area contributed by atoms with E-state index in [4.69, 9.17) is 12.2 Å². The van der Waals surface area contributed by atoms with Crippen LogP contribution in [-0.2, 0) is 6.54 Å². The summed E-state index contributed by atoms with van der Waals surface area (Å²) in [6, 6.07) is 10.8. The van der Waals surface area contributed by atoms with Gasteiger partial charge in [-0.15, -0.1) is 0 Å². The summed E-state index contributed by atoms with van der Waals surface area (Å²) < 4.78 is 55.2. The van der Waals surface area contributed by atoms with Crippen molar-refractivity contribution in [3.8, 4) is 5.75 Å². The Hall–Kier alpha value is -2.95. The Bertz CT molecular complexity index is 879. The molecule has 156 valence electrons. The first-order chi connectivity index (χ1) is 13.6. The minimum atomic E-state index is -4.39. The third-order valence-corrected chi connectivity index (χ3v) is 3.93. The van der Waals surface area contributed by atoms with E-state index in [-0.39, 0.29) is 16.5 Å². The maximum atomic E-state index is 13.0. The monoisotopic (exact) mass is 431 g/mol. The van der Waals surface area contributed by atoms with E-state index in [1.54, 1.807) is 0 Å². The molecular formula is C18H17F4N3O3S. The van der Waals surface area contributed by atoms with Gasteiger partial charge in [-0.1, -0.05) is 29.8 Å². The lowest BCUT2D eigenvalue weighted by Gasteiger charge is -2.17. The van der Waals surface area contributed by atoms with Crippen LogP contribution in [0.3, 0.4) is 0 Å². The highest BCUT2D eigenvalue weighted by molar-refractivity contribution is 7.80. The van der Waals surface area contributed by atoms with Gasteiger partial charge in [-0.3, -0.25) is 10.1 Å². The number of nitro benzene ring substituents is 1. The number of aryl methyl sites for hydroxylation is 1. The quantitative estimate of drug-likeness (QED) is 0.274. The van der Waals surface area contributed by atoms with Crippen LogP contribution in [0, 0.1) is 17.0 Å². The second-order valence-corrected chi connectivity index (χ2v) is 6.52. The van der Waals surface area contributed by atoms with E-state index in [0.29, 0.717) is 6.54 Å². The molecular weight excluding hydrogens is 414 g/mol. The topological polar surface area (TPSA) is 76.4 Å². The molecule has 6 nitrogen and oxygen atoms in total. The van der Waals surface area contributed by atoms with Gasteiger partial charge in [-0.05, 0) is 24.7 Å². The summed E-state index contributed by atoms with van der Waals surface area (Å²) >= 11 is 5.12. The van der Waals surface area contributed by atoms with Crippen molar-refractivity contribution in [1.29, 1.82) is 0 Å². The van der Waals surface area contributed by atoms with Crippen LogP contribution in [0.15, 0.2) is 42.5 Å². The first-order valence-electron chi connectivity index (χ1n) is 8.25.